The lowest BCUT2D eigenvalue weighted by Crippen LogP contribution is -2.06. The Balaban J connectivity index is 0. The highest BCUT2D eigenvalue weighted by atomic mass is 16.5. The Hall–Kier alpha value is -1.06. The average Bonchev–Trinajstić information content (AvgIpc) is 2.17. The van der Waals surface area contributed by atoms with Gasteiger partial charge in [0.15, 0.2) is 0 Å². The second kappa shape index (κ2) is 12.9. The van der Waals surface area contributed by atoms with Crippen LogP contribution in [-0.4, -0.2) is 23.7 Å². The van der Waals surface area contributed by atoms with Crippen LogP contribution in [-0.2, 0) is 14.3 Å². The summed E-state index contributed by atoms with van der Waals surface area (Å²) in [5.41, 5.74) is 0. The fraction of sp³-hybridized carbons (Fsp3) is 0.818. The van der Waals surface area contributed by atoms with Crippen LogP contribution in [0.5, 0.6) is 0 Å². The Labute approximate surface area is 91.6 Å². The Morgan fingerprint density at radius 3 is 1.87 bits per heavy atom. The normalized spacial score (nSPS) is 8.73. The van der Waals surface area contributed by atoms with Gasteiger partial charge in [-0.2, -0.15) is 0 Å². The lowest BCUT2D eigenvalue weighted by molar-refractivity contribution is -0.147. The molecular formula is C11H22O4. The molecule has 0 aliphatic heterocycles. The summed E-state index contributed by atoms with van der Waals surface area (Å²) in [7, 11) is 0. The summed E-state index contributed by atoms with van der Waals surface area (Å²) < 4.78 is 4.49. The number of carbonyl (C=O) groups is 2. The van der Waals surface area contributed by atoms with Crippen molar-refractivity contribution in [3.63, 3.8) is 0 Å². The fourth-order valence-corrected chi connectivity index (χ4v) is 0.796. The third kappa shape index (κ3) is 19.4. The summed E-state index contributed by atoms with van der Waals surface area (Å²) in [6.45, 7) is 6.41. The Bertz CT molecular complexity index is 164. The van der Waals surface area contributed by atoms with E-state index in [0.29, 0.717) is 6.61 Å². The molecule has 0 aromatic heterocycles. The largest absolute Gasteiger partial charge is 0.481 e. The number of esters is 1. The Morgan fingerprint density at radius 1 is 1.07 bits per heavy atom. The van der Waals surface area contributed by atoms with Gasteiger partial charge in [-0.1, -0.05) is 33.1 Å². The summed E-state index contributed by atoms with van der Waals surface area (Å²) >= 11 is 0. The molecular weight excluding hydrogens is 196 g/mol. The zero-order valence-electron chi connectivity index (χ0n) is 9.91. The lowest BCUT2D eigenvalue weighted by atomic mass is 10.3. The van der Waals surface area contributed by atoms with Gasteiger partial charge in [-0.3, -0.25) is 9.59 Å². The lowest BCUT2D eigenvalue weighted by Gasteiger charge is -1.97. The van der Waals surface area contributed by atoms with Gasteiger partial charge in [0.2, 0.25) is 0 Å². The molecule has 0 unspecified atom stereocenters. The predicted octanol–water partition coefficient (Wildman–Crippen LogP) is 2.61. The van der Waals surface area contributed by atoms with Crippen LogP contribution in [0.4, 0.5) is 0 Å². The number of carboxylic acids is 1. The zero-order chi connectivity index (χ0) is 12.1. The third-order valence-electron chi connectivity index (χ3n) is 1.56. The molecule has 90 valence electrons. The minimum absolute atomic E-state index is 0.0385. The first-order chi connectivity index (χ1) is 7.08. The van der Waals surface area contributed by atoms with Crippen LogP contribution in [0.1, 0.15) is 52.9 Å². The van der Waals surface area contributed by atoms with Crippen molar-refractivity contribution in [3.8, 4) is 0 Å². The van der Waals surface area contributed by atoms with Gasteiger partial charge in [0.25, 0.3) is 0 Å². The smallest absolute Gasteiger partial charge is 0.306 e. The van der Waals surface area contributed by atoms with Crippen molar-refractivity contribution in [2.75, 3.05) is 6.61 Å². The van der Waals surface area contributed by atoms with Crippen molar-refractivity contribution >= 4 is 11.9 Å². The fourth-order valence-electron chi connectivity index (χ4n) is 0.796. The van der Waals surface area contributed by atoms with Crippen molar-refractivity contribution in [1.29, 1.82) is 0 Å². The van der Waals surface area contributed by atoms with E-state index >= 15 is 0 Å². The zero-order valence-corrected chi connectivity index (χ0v) is 9.91. The number of rotatable bonds is 6. The Kier molecular flexibility index (Phi) is 14.1. The molecule has 0 atom stereocenters. The number of hydrogen-bond acceptors (Lipinski definition) is 3. The van der Waals surface area contributed by atoms with Gasteiger partial charge in [-0.05, 0) is 6.92 Å². The van der Waals surface area contributed by atoms with E-state index in [2.05, 4.69) is 18.6 Å². The first-order valence-corrected chi connectivity index (χ1v) is 5.45. The number of carboxylic acid groups (broad SMARTS) is 1. The highest BCUT2D eigenvalue weighted by Crippen LogP contribution is 1.91. The molecule has 15 heavy (non-hydrogen) atoms. The molecule has 0 rings (SSSR count). The van der Waals surface area contributed by atoms with E-state index in [1.165, 1.54) is 19.3 Å². The van der Waals surface area contributed by atoms with Crippen molar-refractivity contribution in [2.24, 2.45) is 0 Å². The SMILES string of the molecule is CCCCC.CCOC(=O)CCC(=O)O. The molecule has 0 saturated carbocycles. The monoisotopic (exact) mass is 218 g/mol. The van der Waals surface area contributed by atoms with Crippen LogP contribution in [0.2, 0.25) is 0 Å². The maximum absolute atomic E-state index is 10.5. The van der Waals surface area contributed by atoms with Crippen molar-refractivity contribution in [1.82, 2.24) is 0 Å². The molecule has 0 heterocycles. The second-order valence-corrected chi connectivity index (χ2v) is 3.05. The number of unbranched alkanes of at least 4 members (excludes halogenated alkanes) is 2. The molecule has 0 radical (unpaired) electrons. The third-order valence-corrected chi connectivity index (χ3v) is 1.56. The van der Waals surface area contributed by atoms with Gasteiger partial charge < -0.3 is 9.84 Å². The molecule has 0 aliphatic rings. The van der Waals surface area contributed by atoms with Crippen molar-refractivity contribution in [2.45, 2.75) is 52.9 Å². The van der Waals surface area contributed by atoms with Crippen LogP contribution < -0.4 is 0 Å². The van der Waals surface area contributed by atoms with Gasteiger partial charge in [0.05, 0.1) is 19.4 Å². The van der Waals surface area contributed by atoms with Gasteiger partial charge in [-0.25, -0.2) is 0 Å². The second-order valence-electron chi connectivity index (χ2n) is 3.05. The molecule has 0 aromatic rings. The maximum atomic E-state index is 10.5. The highest BCUT2D eigenvalue weighted by Gasteiger charge is 2.04. The number of aliphatic carboxylic acids is 1. The van der Waals surface area contributed by atoms with E-state index in [1.807, 2.05) is 0 Å². The van der Waals surface area contributed by atoms with Crippen LogP contribution in [0.25, 0.3) is 0 Å². The summed E-state index contributed by atoms with van der Waals surface area (Å²) in [5, 5.41) is 8.12. The Morgan fingerprint density at radius 2 is 1.60 bits per heavy atom. The molecule has 0 saturated heterocycles. The molecule has 1 N–H and O–H groups in total. The summed E-state index contributed by atoms with van der Waals surface area (Å²) in [5.74, 6) is -1.43. The van der Waals surface area contributed by atoms with Gasteiger partial charge in [0.1, 0.15) is 0 Å². The minimum Gasteiger partial charge on any atom is -0.481 e. The quantitative estimate of drug-likeness (QED) is 0.696. The first-order valence-electron chi connectivity index (χ1n) is 5.45. The number of hydrogen-bond donors (Lipinski definition) is 1. The summed E-state index contributed by atoms with van der Waals surface area (Å²) in [4.78, 5) is 20.4. The molecule has 4 nitrogen and oxygen atoms in total. The number of carbonyl (C=O) groups excluding carboxylic acids is 1. The van der Waals surface area contributed by atoms with Gasteiger partial charge >= 0.3 is 11.9 Å². The van der Waals surface area contributed by atoms with Crippen LogP contribution in [0, 0.1) is 0 Å². The topological polar surface area (TPSA) is 63.6 Å². The van der Waals surface area contributed by atoms with E-state index in [1.54, 1.807) is 6.92 Å². The molecule has 0 bridgehead atoms. The van der Waals surface area contributed by atoms with Crippen molar-refractivity contribution < 1.29 is 19.4 Å². The first kappa shape index (κ1) is 16.4. The highest BCUT2D eigenvalue weighted by molar-refractivity contribution is 5.76. The molecule has 4 heteroatoms. The molecule has 0 fully saturated rings. The minimum atomic E-state index is -0.979. The van der Waals surface area contributed by atoms with E-state index < -0.39 is 11.9 Å². The molecule has 0 spiro atoms. The van der Waals surface area contributed by atoms with Crippen LogP contribution in [0.3, 0.4) is 0 Å². The summed E-state index contributed by atoms with van der Waals surface area (Å²) in [6, 6.07) is 0. The molecule has 0 amide bonds. The van der Waals surface area contributed by atoms with E-state index in [-0.39, 0.29) is 12.8 Å². The summed E-state index contributed by atoms with van der Waals surface area (Å²) in [6.07, 6.45) is 3.88. The van der Waals surface area contributed by atoms with E-state index in [9.17, 15) is 9.59 Å². The standard InChI is InChI=1S/C6H10O4.C5H12/c1-2-10-6(9)4-3-5(7)8;1-3-5-4-2/h2-4H2,1H3,(H,7,8);3-5H2,1-2H3. The van der Waals surface area contributed by atoms with Crippen molar-refractivity contribution in [3.05, 3.63) is 0 Å². The molecule has 0 aromatic carbocycles. The van der Waals surface area contributed by atoms with E-state index in [4.69, 9.17) is 5.11 Å². The van der Waals surface area contributed by atoms with E-state index in [0.717, 1.165) is 0 Å². The molecule has 0 aliphatic carbocycles. The predicted molar refractivity (Wildman–Crippen MR) is 58.7 cm³/mol. The van der Waals surface area contributed by atoms with Crippen LogP contribution >= 0.6 is 0 Å². The maximum Gasteiger partial charge on any atom is 0.306 e. The van der Waals surface area contributed by atoms with Gasteiger partial charge in [-0.15, -0.1) is 0 Å². The average molecular weight is 218 g/mol. The van der Waals surface area contributed by atoms with Gasteiger partial charge in [0, 0.05) is 0 Å². The number of ether oxygens (including phenoxy) is 1. The van der Waals surface area contributed by atoms with Crippen LogP contribution in [0.15, 0.2) is 0 Å².